The first-order valence-corrected chi connectivity index (χ1v) is 9.55. The van der Waals surface area contributed by atoms with Crippen LogP contribution in [0.1, 0.15) is 16.8 Å². The lowest BCUT2D eigenvalue weighted by Crippen LogP contribution is -2.33. The number of allylic oxidation sites excluding steroid dienone is 2. The number of amides is 3. The second-order valence-corrected chi connectivity index (χ2v) is 7.76. The summed E-state index contributed by atoms with van der Waals surface area (Å²) >= 11 is 0. The average Bonchev–Trinajstić information content (AvgIpc) is 3.41. The number of nitrogens with zero attached hydrogens (tertiary/aromatic N) is 2. The maximum absolute atomic E-state index is 12.9. The minimum Gasteiger partial charge on any atom is -0.311 e. The summed E-state index contributed by atoms with van der Waals surface area (Å²) in [5, 5.41) is 0. The van der Waals surface area contributed by atoms with Gasteiger partial charge in [0.1, 0.15) is 0 Å². The van der Waals surface area contributed by atoms with E-state index in [0.29, 0.717) is 11.3 Å². The maximum atomic E-state index is 12.9. The SMILES string of the molecule is CN(C(=O)c1ccc(N2C(=O)[C@@H]3[C@@H](C2=O)[C@@H]2C=C[C@@H]3C2)cc1)c1ccccc1. The van der Waals surface area contributed by atoms with E-state index in [1.54, 1.807) is 36.2 Å². The molecule has 0 spiro atoms. The predicted molar refractivity (Wildman–Crippen MR) is 106 cm³/mol. The predicted octanol–water partition coefficient (Wildman–Crippen LogP) is 3.27. The van der Waals surface area contributed by atoms with Crippen LogP contribution in [0.3, 0.4) is 0 Å². The van der Waals surface area contributed by atoms with E-state index in [1.807, 2.05) is 30.3 Å². The highest BCUT2D eigenvalue weighted by Gasteiger charge is 2.59. The Balaban J connectivity index is 1.38. The van der Waals surface area contributed by atoms with E-state index >= 15 is 0 Å². The second-order valence-electron chi connectivity index (χ2n) is 7.76. The zero-order valence-corrected chi connectivity index (χ0v) is 15.5. The van der Waals surface area contributed by atoms with Gasteiger partial charge in [-0.15, -0.1) is 0 Å². The molecule has 3 aliphatic rings. The molecule has 0 N–H and O–H groups in total. The van der Waals surface area contributed by atoms with E-state index in [4.69, 9.17) is 0 Å². The first-order chi connectivity index (χ1) is 13.6. The van der Waals surface area contributed by atoms with Gasteiger partial charge in [0.15, 0.2) is 0 Å². The molecule has 3 amide bonds. The molecule has 4 atom stereocenters. The van der Waals surface area contributed by atoms with Crippen molar-refractivity contribution in [2.24, 2.45) is 23.7 Å². The van der Waals surface area contributed by atoms with Crippen molar-refractivity contribution in [3.8, 4) is 0 Å². The quantitative estimate of drug-likeness (QED) is 0.614. The minimum atomic E-state index is -0.215. The van der Waals surface area contributed by atoms with Crippen LogP contribution in [0.25, 0.3) is 0 Å². The van der Waals surface area contributed by atoms with Gasteiger partial charge < -0.3 is 4.90 Å². The number of rotatable bonds is 3. The molecule has 1 saturated carbocycles. The molecule has 1 heterocycles. The molecule has 2 bridgehead atoms. The molecular formula is C23H20N2O3. The van der Waals surface area contributed by atoms with Crippen molar-refractivity contribution >= 4 is 29.1 Å². The Hall–Kier alpha value is -3.21. The fourth-order valence-electron chi connectivity index (χ4n) is 4.87. The second kappa shape index (κ2) is 6.16. The summed E-state index contributed by atoms with van der Waals surface area (Å²) in [4.78, 5) is 41.4. The largest absolute Gasteiger partial charge is 0.311 e. The highest BCUT2D eigenvalue weighted by atomic mass is 16.2. The van der Waals surface area contributed by atoms with Gasteiger partial charge in [-0.05, 0) is 54.7 Å². The Bertz CT molecular complexity index is 966. The summed E-state index contributed by atoms with van der Waals surface area (Å²) in [7, 11) is 1.73. The Kier molecular flexibility index (Phi) is 3.72. The topological polar surface area (TPSA) is 57.7 Å². The van der Waals surface area contributed by atoms with Crippen molar-refractivity contribution in [2.75, 3.05) is 16.8 Å². The smallest absolute Gasteiger partial charge is 0.258 e. The summed E-state index contributed by atoms with van der Waals surface area (Å²) in [6.45, 7) is 0. The molecule has 2 aliphatic carbocycles. The lowest BCUT2D eigenvalue weighted by molar-refractivity contribution is -0.123. The number of anilines is 2. The van der Waals surface area contributed by atoms with Crippen molar-refractivity contribution in [1.82, 2.24) is 0 Å². The lowest BCUT2D eigenvalue weighted by Gasteiger charge is -2.19. The molecule has 5 heteroatoms. The van der Waals surface area contributed by atoms with Crippen LogP contribution in [0.5, 0.6) is 0 Å². The highest BCUT2D eigenvalue weighted by Crippen LogP contribution is 2.53. The van der Waals surface area contributed by atoms with E-state index in [-0.39, 0.29) is 41.4 Å². The molecule has 28 heavy (non-hydrogen) atoms. The number of hydrogen-bond donors (Lipinski definition) is 0. The summed E-state index contributed by atoms with van der Waals surface area (Å²) in [5.74, 6) is -0.398. The van der Waals surface area contributed by atoms with E-state index in [1.165, 1.54) is 4.90 Å². The van der Waals surface area contributed by atoms with E-state index in [2.05, 4.69) is 12.2 Å². The molecule has 2 aromatic carbocycles. The van der Waals surface area contributed by atoms with Gasteiger partial charge in [0.2, 0.25) is 11.8 Å². The fraction of sp³-hybridized carbons (Fsp3) is 0.261. The van der Waals surface area contributed by atoms with Gasteiger partial charge in [-0.1, -0.05) is 30.4 Å². The number of para-hydroxylation sites is 1. The standard InChI is InChI=1S/C23H20N2O3/c1-24(17-5-3-2-4-6-17)21(26)14-9-11-18(12-10-14)25-22(27)19-15-7-8-16(13-15)20(19)23(25)28/h2-12,15-16,19-20H,13H2,1H3/t15-,16-,19+,20+/m1/s1. The molecule has 140 valence electrons. The summed E-state index contributed by atoms with van der Waals surface area (Å²) < 4.78 is 0. The van der Waals surface area contributed by atoms with Gasteiger partial charge in [0.05, 0.1) is 17.5 Å². The first kappa shape index (κ1) is 16.9. The van der Waals surface area contributed by atoms with Crippen LogP contribution < -0.4 is 9.80 Å². The van der Waals surface area contributed by atoms with Crippen LogP contribution in [-0.4, -0.2) is 24.8 Å². The van der Waals surface area contributed by atoms with Gasteiger partial charge in [-0.3, -0.25) is 19.3 Å². The number of hydrogen-bond acceptors (Lipinski definition) is 3. The monoisotopic (exact) mass is 372 g/mol. The van der Waals surface area contributed by atoms with Crippen LogP contribution in [0.4, 0.5) is 11.4 Å². The van der Waals surface area contributed by atoms with Crippen LogP contribution >= 0.6 is 0 Å². The Morgan fingerprint density at radius 3 is 2.04 bits per heavy atom. The summed E-state index contributed by atoms with van der Waals surface area (Å²) in [6, 6.07) is 16.1. The number of benzene rings is 2. The van der Waals surface area contributed by atoms with E-state index < -0.39 is 0 Å². The summed E-state index contributed by atoms with van der Waals surface area (Å²) in [6.07, 6.45) is 5.09. The molecule has 2 aromatic rings. The molecule has 0 aromatic heterocycles. The molecule has 5 nitrogen and oxygen atoms in total. The Morgan fingerprint density at radius 2 is 1.46 bits per heavy atom. The van der Waals surface area contributed by atoms with Gasteiger partial charge in [0, 0.05) is 18.3 Å². The van der Waals surface area contributed by atoms with Crippen LogP contribution in [-0.2, 0) is 9.59 Å². The molecule has 0 radical (unpaired) electrons. The van der Waals surface area contributed by atoms with Gasteiger partial charge in [-0.25, -0.2) is 0 Å². The minimum absolute atomic E-state index is 0.104. The van der Waals surface area contributed by atoms with Crippen molar-refractivity contribution in [3.05, 3.63) is 72.3 Å². The number of imide groups is 1. The average molecular weight is 372 g/mol. The Labute approximate surface area is 163 Å². The number of fused-ring (bicyclic) bond motifs is 5. The third-order valence-corrected chi connectivity index (χ3v) is 6.29. The first-order valence-electron chi connectivity index (χ1n) is 9.55. The van der Waals surface area contributed by atoms with Crippen LogP contribution in [0.15, 0.2) is 66.7 Å². The molecule has 0 unspecified atom stereocenters. The molecule has 1 saturated heterocycles. The van der Waals surface area contributed by atoms with E-state index in [0.717, 1.165) is 12.1 Å². The maximum Gasteiger partial charge on any atom is 0.258 e. The normalized spacial score (nSPS) is 27.4. The van der Waals surface area contributed by atoms with Gasteiger partial charge in [-0.2, -0.15) is 0 Å². The molecule has 5 rings (SSSR count). The van der Waals surface area contributed by atoms with Crippen molar-refractivity contribution in [1.29, 1.82) is 0 Å². The zero-order valence-electron chi connectivity index (χ0n) is 15.5. The Morgan fingerprint density at radius 1 is 0.893 bits per heavy atom. The fourth-order valence-corrected chi connectivity index (χ4v) is 4.87. The van der Waals surface area contributed by atoms with Crippen molar-refractivity contribution in [2.45, 2.75) is 6.42 Å². The zero-order chi connectivity index (χ0) is 19.4. The van der Waals surface area contributed by atoms with Gasteiger partial charge in [0.25, 0.3) is 5.91 Å². The number of carbonyl (C=O) groups is 3. The van der Waals surface area contributed by atoms with Gasteiger partial charge >= 0.3 is 0 Å². The van der Waals surface area contributed by atoms with E-state index in [9.17, 15) is 14.4 Å². The summed E-state index contributed by atoms with van der Waals surface area (Å²) in [5.41, 5.74) is 1.86. The highest BCUT2D eigenvalue weighted by molar-refractivity contribution is 6.23. The third-order valence-electron chi connectivity index (χ3n) is 6.29. The van der Waals surface area contributed by atoms with Crippen LogP contribution in [0, 0.1) is 23.7 Å². The molecule has 1 aliphatic heterocycles. The third kappa shape index (κ3) is 2.35. The van der Waals surface area contributed by atoms with Crippen molar-refractivity contribution < 1.29 is 14.4 Å². The molecule has 2 fully saturated rings. The lowest BCUT2D eigenvalue weighted by atomic mass is 9.85. The van der Waals surface area contributed by atoms with Crippen molar-refractivity contribution in [3.63, 3.8) is 0 Å². The molecular weight excluding hydrogens is 352 g/mol. The van der Waals surface area contributed by atoms with Crippen LogP contribution in [0.2, 0.25) is 0 Å². The number of carbonyl (C=O) groups excluding carboxylic acids is 3.